The summed E-state index contributed by atoms with van der Waals surface area (Å²) in [4.78, 5) is 3.14. The summed E-state index contributed by atoms with van der Waals surface area (Å²) in [6.07, 6.45) is 4.12. The molecule has 1 aliphatic rings. The Morgan fingerprint density at radius 3 is 2.84 bits per heavy atom. The number of hydrogen-bond acceptors (Lipinski definition) is 4. The second kappa shape index (κ2) is 5.87. The normalized spacial score (nSPS) is 17.5. The molecule has 0 saturated carbocycles. The van der Waals surface area contributed by atoms with Crippen molar-refractivity contribution in [1.29, 1.82) is 0 Å². The molecule has 0 unspecified atom stereocenters. The van der Waals surface area contributed by atoms with Crippen molar-refractivity contribution in [2.75, 3.05) is 26.8 Å². The maximum absolute atomic E-state index is 12.4. The van der Waals surface area contributed by atoms with Gasteiger partial charge in [-0.15, -0.1) is 0 Å². The Morgan fingerprint density at radius 1 is 1.53 bits per heavy atom. The highest BCUT2D eigenvalue weighted by Gasteiger charge is 2.26. The molecule has 6 nitrogen and oxygen atoms in total. The van der Waals surface area contributed by atoms with Crippen molar-refractivity contribution in [2.45, 2.75) is 17.9 Å². The third-order valence-corrected chi connectivity index (χ3v) is 5.01. The Kier molecular flexibility index (Phi) is 4.41. The lowest BCUT2D eigenvalue weighted by atomic mass is 10.1. The van der Waals surface area contributed by atoms with Crippen LogP contribution >= 0.6 is 0 Å². The molecule has 1 aliphatic heterocycles. The Bertz CT molecular complexity index is 563. The van der Waals surface area contributed by atoms with E-state index in [-0.39, 0.29) is 4.90 Å². The van der Waals surface area contributed by atoms with Gasteiger partial charge in [-0.05, 0) is 18.1 Å². The zero-order valence-electron chi connectivity index (χ0n) is 10.9. The van der Waals surface area contributed by atoms with Crippen molar-refractivity contribution in [3.63, 3.8) is 0 Å². The number of methoxy groups -OCH3 is 1. The number of rotatable bonds is 5. The van der Waals surface area contributed by atoms with Crippen LogP contribution in [0.4, 0.5) is 0 Å². The van der Waals surface area contributed by atoms with Gasteiger partial charge >= 0.3 is 0 Å². The van der Waals surface area contributed by atoms with Crippen molar-refractivity contribution >= 4 is 10.0 Å². The first-order valence-corrected chi connectivity index (χ1v) is 7.56. The predicted molar refractivity (Wildman–Crippen MR) is 72.0 cm³/mol. The van der Waals surface area contributed by atoms with Crippen LogP contribution in [0.2, 0.25) is 0 Å². The van der Waals surface area contributed by atoms with Gasteiger partial charge in [0.25, 0.3) is 0 Å². The van der Waals surface area contributed by atoms with E-state index in [2.05, 4.69) is 4.98 Å². The maximum atomic E-state index is 12.4. The van der Waals surface area contributed by atoms with E-state index < -0.39 is 10.0 Å². The highest BCUT2D eigenvalue weighted by Crippen LogP contribution is 2.21. The van der Waals surface area contributed by atoms with Crippen LogP contribution in [-0.2, 0) is 21.3 Å². The fourth-order valence-electron chi connectivity index (χ4n) is 2.06. The molecule has 0 fully saturated rings. The molecule has 0 bridgehead atoms. The number of ether oxygens (including phenoxy) is 1. The second-order valence-corrected chi connectivity index (χ2v) is 6.41. The molecule has 1 aromatic heterocycles. The van der Waals surface area contributed by atoms with Crippen LogP contribution in [-0.4, -0.2) is 44.5 Å². The van der Waals surface area contributed by atoms with Gasteiger partial charge in [-0.2, -0.15) is 4.31 Å². The van der Waals surface area contributed by atoms with Gasteiger partial charge in [0.1, 0.15) is 0 Å². The van der Waals surface area contributed by atoms with Gasteiger partial charge in [-0.25, -0.2) is 8.42 Å². The monoisotopic (exact) mass is 285 g/mol. The molecular formula is C12H19N3O3S. The van der Waals surface area contributed by atoms with Gasteiger partial charge in [-0.3, -0.25) is 0 Å². The van der Waals surface area contributed by atoms with Gasteiger partial charge in [0.05, 0.1) is 11.5 Å². The first-order chi connectivity index (χ1) is 9.07. The van der Waals surface area contributed by atoms with Gasteiger partial charge in [0.15, 0.2) is 0 Å². The van der Waals surface area contributed by atoms with Crippen LogP contribution in [0.1, 0.15) is 12.1 Å². The minimum absolute atomic E-state index is 0.275. The molecule has 0 amide bonds. The zero-order chi connectivity index (χ0) is 13.9. The highest BCUT2D eigenvalue weighted by molar-refractivity contribution is 7.89. The highest BCUT2D eigenvalue weighted by atomic mass is 32.2. The van der Waals surface area contributed by atoms with Crippen LogP contribution in [0.15, 0.2) is 28.8 Å². The Hall–Kier alpha value is -1.15. The van der Waals surface area contributed by atoms with Crippen LogP contribution in [0.5, 0.6) is 0 Å². The van der Waals surface area contributed by atoms with Gasteiger partial charge in [0.2, 0.25) is 10.0 Å². The molecule has 0 aliphatic carbocycles. The van der Waals surface area contributed by atoms with E-state index in [9.17, 15) is 8.42 Å². The smallest absolute Gasteiger partial charge is 0.244 e. The molecule has 0 aromatic carbocycles. The minimum Gasteiger partial charge on any atom is -0.380 e. The third kappa shape index (κ3) is 3.06. The van der Waals surface area contributed by atoms with E-state index in [0.29, 0.717) is 38.4 Å². The summed E-state index contributed by atoms with van der Waals surface area (Å²) < 4.78 is 31.3. The van der Waals surface area contributed by atoms with Crippen molar-refractivity contribution < 1.29 is 13.2 Å². The van der Waals surface area contributed by atoms with Gasteiger partial charge in [-0.1, -0.05) is 6.08 Å². The second-order valence-electron chi connectivity index (χ2n) is 4.47. The van der Waals surface area contributed by atoms with E-state index in [0.717, 1.165) is 5.57 Å². The van der Waals surface area contributed by atoms with Crippen LogP contribution in [0.3, 0.4) is 0 Å². The fourth-order valence-corrected chi connectivity index (χ4v) is 3.46. The number of aromatic amines is 1. The molecule has 19 heavy (non-hydrogen) atoms. The molecular weight excluding hydrogens is 266 g/mol. The van der Waals surface area contributed by atoms with E-state index in [1.165, 1.54) is 10.5 Å². The van der Waals surface area contributed by atoms with Crippen molar-refractivity contribution in [2.24, 2.45) is 5.73 Å². The van der Waals surface area contributed by atoms with Crippen LogP contribution in [0, 0.1) is 0 Å². The summed E-state index contributed by atoms with van der Waals surface area (Å²) in [5, 5.41) is 0. The average molecular weight is 285 g/mol. The molecule has 0 spiro atoms. The molecule has 2 rings (SSSR count). The maximum Gasteiger partial charge on any atom is 0.244 e. The predicted octanol–water partition coefficient (Wildman–Crippen LogP) is 0.441. The molecule has 3 N–H and O–H groups in total. The largest absolute Gasteiger partial charge is 0.380 e. The number of aromatic nitrogens is 1. The summed E-state index contributed by atoms with van der Waals surface area (Å²) >= 11 is 0. The van der Waals surface area contributed by atoms with Crippen molar-refractivity contribution in [3.8, 4) is 0 Å². The lowest BCUT2D eigenvalue weighted by Gasteiger charge is -2.25. The molecule has 106 valence electrons. The third-order valence-electron chi connectivity index (χ3n) is 3.17. The van der Waals surface area contributed by atoms with Gasteiger partial charge in [0, 0.05) is 38.6 Å². The standard InChI is InChI=1S/C12H19N3O3S/c1-18-9-10-2-4-15(5-3-10)19(16,17)12-6-11(7-13)14-8-12/h2,6,8,14H,3-5,7,9,13H2,1H3. The first-order valence-electron chi connectivity index (χ1n) is 6.12. The van der Waals surface area contributed by atoms with E-state index in [1.54, 1.807) is 13.2 Å². The van der Waals surface area contributed by atoms with Crippen LogP contribution in [0.25, 0.3) is 0 Å². The number of nitrogens with zero attached hydrogens (tertiary/aromatic N) is 1. The number of H-pyrrole nitrogens is 1. The Morgan fingerprint density at radius 2 is 2.32 bits per heavy atom. The lowest BCUT2D eigenvalue weighted by Crippen LogP contribution is -2.35. The van der Waals surface area contributed by atoms with E-state index in [4.69, 9.17) is 10.5 Å². The topological polar surface area (TPSA) is 88.4 Å². The quantitative estimate of drug-likeness (QED) is 0.768. The lowest BCUT2D eigenvalue weighted by molar-refractivity contribution is 0.219. The summed E-state index contributed by atoms with van der Waals surface area (Å²) in [5.74, 6) is 0. The number of nitrogens with two attached hydrogens (primary N) is 1. The molecule has 0 atom stereocenters. The number of nitrogens with one attached hydrogen (secondary N) is 1. The van der Waals surface area contributed by atoms with Crippen molar-refractivity contribution in [3.05, 3.63) is 29.6 Å². The Balaban J connectivity index is 2.13. The number of sulfonamides is 1. The molecule has 7 heteroatoms. The molecule has 0 saturated heterocycles. The summed E-state index contributed by atoms with van der Waals surface area (Å²) in [7, 11) is -1.79. The van der Waals surface area contributed by atoms with E-state index in [1.807, 2.05) is 6.08 Å². The molecule has 1 aromatic rings. The van der Waals surface area contributed by atoms with Crippen molar-refractivity contribution in [1.82, 2.24) is 9.29 Å². The zero-order valence-corrected chi connectivity index (χ0v) is 11.7. The average Bonchev–Trinajstić information content (AvgIpc) is 2.89. The molecule has 2 heterocycles. The van der Waals surface area contributed by atoms with Gasteiger partial charge < -0.3 is 15.5 Å². The summed E-state index contributed by atoms with van der Waals surface area (Å²) in [5.41, 5.74) is 7.33. The minimum atomic E-state index is -3.43. The molecule has 0 radical (unpaired) electrons. The first kappa shape index (κ1) is 14.3. The van der Waals surface area contributed by atoms with Crippen LogP contribution < -0.4 is 5.73 Å². The van der Waals surface area contributed by atoms with E-state index >= 15 is 0 Å². The fraction of sp³-hybridized carbons (Fsp3) is 0.500. The SMILES string of the molecule is COCC1=CCN(S(=O)(=O)c2c[nH]c(CN)c2)CC1. The Labute approximate surface area is 113 Å². The summed E-state index contributed by atoms with van der Waals surface area (Å²) in [6, 6.07) is 1.59. The number of hydrogen-bond donors (Lipinski definition) is 2. The summed E-state index contributed by atoms with van der Waals surface area (Å²) in [6.45, 7) is 1.74.